The fraction of sp³-hybridized carbons (Fsp3) is 0.500. The topological polar surface area (TPSA) is 65.0 Å². The number of carbonyl (C=O) groups is 1. The summed E-state index contributed by atoms with van der Waals surface area (Å²) < 4.78 is 15.8. The van der Waals surface area contributed by atoms with E-state index in [1.807, 2.05) is 0 Å². The molecule has 1 aliphatic rings. The number of methoxy groups -OCH3 is 1. The molecular formula is C14H18O5. The van der Waals surface area contributed by atoms with Crippen molar-refractivity contribution >= 4 is 5.78 Å². The van der Waals surface area contributed by atoms with Gasteiger partial charge in [0.15, 0.2) is 6.29 Å². The number of aliphatic hydroxyl groups is 1. The van der Waals surface area contributed by atoms with Crippen LogP contribution in [0.5, 0.6) is 5.75 Å². The lowest BCUT2D eigenvalue weighted by Crippen LogP contribution is -2.30. The summed E-state index contributed by atoms with van der Waals surface area (Å²) in [6, 6.07) is 6.97. The highest BCUT2D eigenvalue weighted by Crippen LogP contribution is 2.20. The third-order valence-corrected chi connectivity index (χ3v) is 3.03. The Balaban J connectivity index is 1.82. The first-order valence-corrected chi connectivity index (χ1v) is 6.26. The number of Topliss-reactive ketones (excluding diaryl/α,β-unsaturated/α-hetero) is 1. The average Bonchev–Trinajstić information content (AvgIpc) is 2.45. The summed E-state index contributed by atoms with van der Waals surface area (Å²) in [6.45, 7) is 0.643. The molecule has 0 saturated carbocycles. The second-order valence-electron chi connectivity index (χ2n) is 4.44. The molecule has 19 heavy (non-hydrogen) atoms. The minimum absolute atomic E-state index is 0.179. The van der Waals surface area contributed by atoms with Crippen LogP contribution in [0.4, 0.5) is 0 Å². The molecule has 104 valence electrons. The summed E-state index contributed by atoms with van der Waals surface area (Å²) in [5.41, 5.74) is 0.642. The van der Waals surface area contributed by atoms with Crippen molar-refractivity contribution in [3.63, 3.8) is 0 Å². The van der Waals surface area contributed by atoms with E-state index in [1.165, 1.54) is 0 Å². The van der Waals surface area contributed by atoms with E-state index in [0.717, 1.165) is 5.75 Å². The number of rotatable bonds is 5. The monoisotopic (exact) mass is 266 g/mol. The van der Waals surface area contributed by atoms with E-state index in [0.29, 0.717) is 25.0 Å². The number of hydrogen-bond acceptors (Lipinski definition) is 5. The van der Waals surface area contributed by atoms with Crippen molar-refractivity contribution in [3.8, 4) is 5.75 Å². The summed E-state index contributed by atoms with van der Waals surface area (Å²) >= 11 is 0. The lowest BCUT2D eigenvalue weighted by Gasteiger charge is -2.23. The molecule has 0 radical (unpaired) electrons. The number of carbonyl (C=O) groups excluding carboxylic acids is 1. The van der Waals surface area contributed by atoms with Crippen molar-refractivity contribution in [2.75, 3.05) is 20.3 Å². The van der Waals surface area contributed by atoms with Crippen molar-refractivity contribution in [1.82, 2.24) is 0 Å². The third kappa shape index (κ3) is 4.02. The molecule has 2 atom stereocenters. The maximum Gasteiger partial charge on any atom is 0.181 e. The van der Waals surface area contributed by atoms with Gasteiger partial charge in [-0.2, -0.15) is 0 Å². The first-order chi connectivity index (χ1) is 9.19. The highest BCUT2D eigenvalue weighted by Gasteiger charge is 2.21. The maximum atomic E-state index is 11.2. The molecule has 0 bridgehead atoms. The van der Waals surface area contributed by atoms with Gasteiger partial charge in [0.2, 0.25) is 0 Å². The largest absolute Gasteiger partial charge is 0.497 e. The van der Waals surface area contributed by atoms with Gasteiger partial charge < -0.3 is 19.3 Å². The molecule has 1 fully saturated rings. The first kappa shape index (κ1) is 14.0. The van der Waals surface area contributed by atoms with Crippen molar-refractivity contribution < 1.29 is 24.1 Å². The summed E-state index contributed by atoms with van der Waals surface area (Å²) in [6.07, 6.45) is -0.451. The predicted octanol–water partition coefficient (Wildman–Crippen LogP) is 1.45. The Labute approximate surface area is 112 Å². The number of ketones is 1. The lowest BCUT2D eigenvalue weighted by molar-refractivity contribution is -0.151. The Hall–Kier alpha value is -1.43. The van der Waals surface area contributed by atoms with Crippen LogP contribution in [-0.2, 0) is 14.3 Å². The Morgan fingerprint density at radius 3 is 2.79 bits per heavy atom. The van der Waals surface area contributed by atoms with Crippen molar-refractivity contribution in [3.05, 3.63) is 29.8 Å². The summed E-state index contributed by atoms with van der Waals surface area (Å²) in [5, 5.41) is 9.88. The molecule has 5 nitrogen and oxygen atoms in total. The van der Waals surface area contributed by atoms with E-state index >= 15 is 0 Å². The van der Waals surface area contributed by atoms with E-state index in [9.17, 15) is 9.90 Å². The highest BCUT2D eigenvalue weighted by molar-refractivity contribution is 5.79. The zero-order chi connectivity index (χ0) is 13.7. The van der Waals surface area contributed by atoms with Crippen LogP contribution in [0.25, 0.3) is 0 Å². The third-order valence-electron chi connectivity index (χ3n) is 3.03. The van der Waals surface area contributed by atoms with Crippen LogP contribution >= 0.6 is 0 Å². The second-order valence-corrected chi connectivity index (χ2v) is 4.44. The highest BCUT2D eigenvalue weighted by atomic mass is 16.6. The predicted molar refractivity (Wildman–Crippen MR) is 67.9 cm³/mol. The standard InChI is InChI=1S/C14H18O5/c1-17-12-4-2-10(3-5-12)14(16)19-9-13-8-11(15)6-7-18-13/h2-5,13-14,16H,6-9H2,1H3. The SMILES string of the molecule is COc1ccc(C(O)OCC2CC(=O)CCO2)cc1. The van der Waals surface area contributed by atoms with Gasteiger partial charge in [-0.25, -0.2) is 0 Å². The van der Waals surface area contributed by atoms with E-state index in [1.54, 1.807) is 31.4 Å². The second kappa shape index (κ2) is 6.65. The van der Waals surface area contributed by atoms with Crippen LogP contribution in [0.15, 0.2) is 24.3 Å². The van der Waals surface area contributed by atoms with Gasteiger partial charge in [0.1, 0.15) is 11.5 Å². The Morgan fingerprint density at radius 1 is 1.42 bits per heavy atom. The van der Waals surface area contributed by atoms with Crippen LogP contribution in [0.3, 0.4) is 0 Å². The lowest BCUT2D eigenvalue weighted by atomic mass is 10.1. The van der Waals surface area contributed by atoms with Crippen molar-refractivity contribution in [2.45, 2.75) is 25.2 Å². The molecule has 2 unspecified atom stereocenters. The summed E-state index contributed by atoms with van der Waals surface area (Å²) in [7, 11) is 1.58. The molecule has 0 amide bonds. The molecule has 1 N–H and O–H groups in total. The quantitative estimate of drug-likeness (QED) is 0.817. The molecule has 0 aromatic heterocycles. The number of aliphatic hydroxyl groups excluding tert-OH is 1. The van der Waals surface area contributed by atoms with Gasteiger partial charge in [-0.05, 0) is 12.1 Å². The van der Waals surface area contributed by atoms with Gasteiger partial charge in [0, 0.05) is 18.4 Å². The molecule has 1 heterocycles. The van der Waals surface area contributed by atoms with Crippen molar-refractivity contribution in [2.24, 2.45) is 0 Å². The molecule has 0 spiro atoms. The van der Waals surface area contributed by atoms with Crippen LogP contribution in [0.1, 0.15) is 24.7 Å². The minimum atomic E-state index is -1.02. The molecule has 1 saturated heterocycles. The summed E-state index contributed by atoms with van der Waals surface area (Å²) in [4.78, 5) is 11.2. The average molecular weight is 266 g/mol. The Bertz CT molecular complexity index is 414. The van der Waals surface area contributed by atoms with Crippen LogP contribution < -0.4 is 4.74 Å². The fourth-order valence-corrected chi connectivity index (χ4v) is 1.92. The van der Waals surface area contributed by atoms with Crippen molar-refractivity contribution in [1.29, 1.82) is 0 Å². The van der Waals surface area contributed by atoms with Crippen LogP contribution in [-0.4, -0.2) is 37.3 Å². The van der Waals surface area contributed by atoms with E-state index in [-0.39, 0.29) is 18.5 Å². The van der Waals surface area contributed by atoms with Crippen LogP contribution in [0, 0.1) is 0 Å². The molecular weight excluding hydrogens is 248 g/mol. The molecule has 1 aromatic rings. The summed E-state index contributed by atoms with van der Waals surface area (Å²) in [5.74, 6) is 0.899. The van der Waals surface area contributed by atoms with Gasteiger partial charge in [-0.15, -0.1) is 0 Å². The number of hydrogen-bond donors (Lipinski definition) is 1. The van der Waals surface area contributed by atoms with Gasteiger partial charge in [-0.3, -0.25) is 4.79 Å². The number of ether oxygens (including phenoxy) is 3. The van der Waals surface area contributed by atoms with Crippen LogP contribution in [0.2, 0.25) is 0 Å². The Morgan fingerprint density at radius 2 is 2.16 bits per heavy atom. The molecule has 1 aromatic carbocycles. The van der Waals surface area contributed by atoms with E-state index < -0.39 is 6.29 Å². The van der Waals surface area contributed by atoms with E-state index in [2.05, 4.69) is 0 Å². The first-order valence-electron chi connectivity index (χ1n) is 6.26. The molecule has 0 aliphatic carbocycles. The van der Waals surface area contributed by atoms with Gasteiger partial charge in [-0.1, -0.05) is 12.1 Å². The van der Waals surface area contributed by atoms with E-state index in [4.69, 9.17) is 14.2 Å². The zero-order valence-electron chi connectivity index (χ0n) is 10.9. The van der Waals surface area contributed by atoms with Gasteiger partial charge in [0.05, 0.1) is 26.4 Å². The molecule has 2 rings (SSSR count). The maximum absolute atomic E-state index is 11.2. The number of benzene rings is 1. The zero-order valence-corrected chi connectivity index (χ0v) is 10.9. The minimum Gasteiger partial charge on any atom is -0.497 e. The molecule has 1 aliphatic heterocycles. The van der Waals surface area contributed by atoms with Gasteiger partial charge in [0.25, 0.3) is 0 Å². The van der Waals surface area contributed by atoms with Gasteiger partial charge >= 0.3 is 0 Å². The normalized spacial score (nSPS) is 21.2. The molecule has 5 heteroatoms. The smallest absolute Gasteiger partial charge is 0.181 e. The fourth-order valence-electron chi connectivity index (χ4n) is 1.92. The Kier molecular flexibility index (Phi) is 4.90.